The summed E-state index contributed by atoms with van der Waals surface area (Å²) in [6.45, 7) is 7.22. The smallest absolute Gasteiger partial charge is 0.227 e. The Labute approximate surface area is 131 Å². The van der Waals surface area contributed by atoms with Crippen LogP contribution in [0.3, 0.4) is 0 Å². The summed E-state index contributed by atoms with van der Waals surface area (Å²) in [6.07, 6.45) is 0.479. The van der Waals surface area contributed by atoms with Crippen molar-refractivity contribution >= 4 is 23.1 Å². The summed E-state index contributed by atoms with van der Waals surface area (Å²) in [7, 11) is 0. The molecule has 1 aromatic carbocycles. The number of hydrogen-bond acceptors (Lipinski definition) is 3. The molecule has 21 heavy (non-hydrogen) atoms. The van der Waals surface area contributed by atoms with Gasteiger partial charge in [0.05, 0.1) is 17.5 Å². The van der Waals surface area contributed by atoms with Crippen molar-refractivity contribution in [2.45, 2.75) is 26.3 Å². The van der Waals surface area contributed by atoms with Crippen molar-refractivity contribution in [1.29, 1.82) is 0 Å². The van der Waals surface area contributed by atoms with Crippen molar-refractivity contribution in [3.05, 3.63) is 35.4 Å². The van der Waals surface area contributed by atoms with E-state index in [1.165, 1.54) is 5.56 Å². The van der Waals surface area contributed by atoms with E-state index in [0.29, 0.717) is 11.4 Å². The molecule has 1 amide bonds. The van der Waals surface area contributed by atoms with Gasteiger partial charge in [-0.2, -0.15) is 0 Å². The zero-order valence-electron chi connectivity index (χ0n) is 12.7. The highest BCUT2D eigenvalue weighted by Gasteiger charge is 2.24. The molecule has 0 radical (unpaired) electrons. The van der Waals surface area contributed by atoms with Gasteiger partial charge < -0.3 is 10.6 Å². The van der Waals surface area contributed by atoms with E-state index in [-0.39, 0.29) is 11.9 Å². The Balaban J connectivity index is 1.87. The maximum Gasteiger partial charge on any atom is 0.227 e. The summed E-state index contributed by atoms with van der Waals surface area (Å²) >= 11 is 5.03. The molecule has 1 saturated heterocycles. The lowest BCUT2D eigenvalue weighted by Gasteiger charge is -2.37. The van der Waals surface area contributed by atoms with Crippen molar-refractivity contribution in [3.63, 3.8) is 0 Å². The second kappa shape index (κ2) is 7.00. The monoisotopic (exact) mass is 305 g/mol. The van der Waals surface area contributed by atoms with Gasteiger partial charge in [-0.3, -0.25) is 9.69 Å². The van der Waals surface area contributed by atoms with E-state index in [0.717, 1.165) is 31.7 Å². The van der Waals surface area contributed by atoms with Gasteiger partial charge in [0.25, 0.3) is 0 Å². The lowest BCUT2D eigenvalue weighted by atomic mass is 10.1. The zero-order chi connectivity index (χ0) is 15.4. The third-order valence-electron chi connectivity index (χ3n) is 4.06. The van der Waals surface area contributed by atoms with Crippen LogP contribution in [0.2, 0.25) is 0 Å². The van der Waals surface area contributed by atoms with Crippen LogP contribution in [0.5, 0.6) is 0 Å². The van der Waals surface area contributed by atoms with Crippen LogP contribution in [0.25, 0.3) is 0 Å². The SMILES string of the molecule is Cc1cccc(CC(=O)N2CCN(C(C)C(N)=S)CC2)c1. The van der Waals surface area contributed by atoms with Crippen LogP contribution in [-0.4, -0.2) is 52.9 Å². The third kappa shape index (κ3) is 4.25. The molecule has 2 N–H and O–H groups in total. The predicted molar refractivity (Wildman–Crippen MR) is 89.3 cm³/mol. The second-order valence-corrected chi connectivity index (χ2v) is 6.13. The van der Waals surface area contributed by atoms with E-state index < -0.39 is 0 Å². The maximum absolute atomic E-state index is 12.3. The second-order valence-electron chi connectivity index (χ2n) is 5.66. The molecule has 1 aliphatic rings. The predicted octanol–water partition coefficient (Wildman–Crippen LogP) is 1.36. The third-order valence-corrected chi connectivity index (χ3v) is 4.41. The molecule has 1 heterocycles. The Hall–Kier alpha value is -1.46. The number of carbonyl (C=O) groups excluding carboxylic acids is 1. The first-order valence-electron chi connectivity index (χ1n) is 7.34. The van der Waals surface area contributed by atoms with Crippen LogP contribution in [0.15, 0.2) is 24.3 Å². The number of carbonyl (C=O) groups is 1. The fraction of sp³-hybridized carbons (Fsp3) is 0.500. The highest BCUT2D eigenvalue weighted by atomic mass is 32.1. The van der Waals surface area contributed by atoms with Gasteiger partial charge in [0.2, 0.25) is 5.91 Å². The largest absolute Gasteiger partial charge is 0.392 e. The van der Waals surface area contributed by atoms with E-state index in [4.69, 9.17) is 18.0 Å². The van der Waals surface area contributed by atoms with E-state index in [1.54, 1.807) is 0 Å². The van der Waals surface area contributed by atoms with Gasteiger partial charge in [0, 0.05) is 26.2 Å². The van der Waals surface area contributed by atoms with E-state index >= 15 is 0 Å². The topological polar surface area (TPSA) is 49.6 Å². The summed E-state index contributed by atoms with van der Waals surface area (Å²) in [6, 6.07) is 8.23. The molecule has 0 aliphatic carbocycles. The first-order chi connectivity index (χ1) is 9.97. The molecule has 1 aliphatic heterocycles. The molecule has 0 saturated carbocycles. The van der Waals surface area contributed by atoms with Crippen molar-refractivity contribution in [1.82, 2.24) is 9.80 Å². The van der Waals surface area contributed by atoms with Gasteiger partial charge in [-0.05, 0) is 19.4 Å². The lowest BCUT2D eigenvalue weighted by molar-refractivity contribution is -0.132. The first kappa shape index (κ1) is 15.9. The molecular formula is C16H23N3OS. The molecule has 1 unspecified atom stereocenters. The van der Waals surface area contributed by atoms with Gasteiger partial charge in [-0.15, -0.1) is 0 Å². The molecule has 114 valence electrons. The fourth-order valence-corrected chi connectivity index (χ4v) is 2.80. The van der Waals surface area contributed by atoms with Crippen molar-refractivity contribution in [2.24, 2.45) is 5.73 Å². The maximum atomic E-state index is 12.3. The van der Waals surface area contributed by atoms with Gasteiger partial charge in [-0.25, -0.2) is 0 Å². The molecule has 5 heteroatoms. The quantitative estimate of drug-likeness (QED) is 0.853. The minimum atomic E-state index is 0.106. The number of aryl methyl sites for hydroxylation is 1. The summed E-state index contributed by atoms with van der Waals surface area (Å²) < 4.78 is 0. The Bertz CT molecular complexity index is 524. The molecule has 2 rings (SSSR count). The minimum absolute atomic E-state index is 0.106. The van der Waals surface area contributed by atoms with Crippen LogP contribution < -0.4 is 5.73 Å². The summed E-state index contributed by atoms with van der Waals surface area (Å²) in [5.74, 6) is 0.197. The molecule has 0 aromatic heterocycles. The Morgan fingerprint density at radius 3 is 2.57 bits per heavy atom. The fourth-order valence-electron chi connectivity index (χ4n) is 2.65. The average Bonchev–Trinajstić information content (AvgIpc) is 2.46. The Kier molecular flexibility index (Phi) is 5.31. The highest BCUT2D eigenvalue weighted by molar-refractivity contribution is 7.80. The lowest BCUT2D eigenvalue weighted by Crippen LogP contribution is -2.54. The zero-order valence-corrected chi connectivity index (χ0v) is 13.5. The Morgan fingerprint density at radius 2 is 2.00 bits per heavy atom. The van der Waals surface area contributed by atoms with Gasteiger partial charge in [-0.1, -0.05) is 42.0 Å². The average molecular weight is 305 g/mol. The van der Waals surface area contributed by atoms with Crippen molar-refractivity contribution in [2.75, 3.05) is 26.2 Å². The summed E-state index contributed by atoms with van der Waals surface area (Å²) in [4.78, 5) is 17.0. The van der Waals surface area contributed by atoms with Crippen LogP contribution in [0.1, 0.15) is 18.1 Å². The number of benzene rings is 1. The number of amides is 1. The van der Waals surface area contributed by atoms with Crippen LogP contribution >= 0.6 is 12.2 Å². The van der Waals surface area contributed by atoms with Crippen LogP contribution in [-0.2, 0) is 11.2 Å². The number of nitrogens with zero attached hydrogens (tertiary/aromatic N) is 2. The van der Waals surface area contributed by atoms with Gasteiger partial charge in [0.1, 0.15) is 0 Å². The number of thiocarbonyl (C=S) groups is 1. The molecule has 4 nitrogen and oxygen atoms in total. The minimum Gasteiger partial charge on any atom is -0.392 e. The van der Waals surface area contributed by atoms with Gasteiger partial charge in [0.15, 0.2) is 0 Å². The molecule has 0 bridgehead atoms. The number of piperazine rings is 1. The number of hydrogen-bond donors (Lipinski definition) is 1. The molecule has 1 fully saturated rings. The van der Waals surface area contributed by atoms with Crippen LogP contribution in [0.4, 0.5) is 0 Å². The standard InChI is InChI=1S/C16H23N3OS/c1-12-4-3-5-14(10-12)11-15(20)19-8-6-18(7-9-19)13(2)16(17)21/h3-5,10,13H,6-9,11H2,1-2H3,(H2,17,21). The molecule has 0 spiro atoms. The normalized spacial score (nSPS) is 17.5. The summed E-state index contributed by atoms with van der Waals surface area (Å²) in [5, 5.41) is 0. The molecular weight excluding hydrogens is 282 g/mol. The summed E-state index contributed by atoms with van der Waals surface area (Å²) in [5.41, 5.74) is 7.96. The van der Waals surface area contributed by atoms with Crippen molar-refractivity contribution in [3.8, 4) is 0 Å². The Morgan fingerprint density at radius 1 is 1.33 bits per heavy atom. The molecule has 1 atom stereocenters. The van der Waals surface area contributed by atoms with Crippen molar-refractivity contribution < 1.29 is 4.79 Å². The first-order valence-corrected chi connectivity index (χ1v) is 7.75. The van der Waals surface area contributed by atoms with Gasteiger partial charge >= 0.3 is 0 Å². The highest BCUT2D eigenvalue weighted by Crippen LogP contribution is 2.10. The number of nitrogens with two attached hydrogens (primary N) is 1. The van der Waals surface area contributed by atoms with Crippen LogP contribution in [0, 0.1) is 6.92 Å². The van der Waals surface area contributed by atoms with E-state index in [1.807, 2.05) is 36.9 Å². The van der Waals surface area contributed by atoms with E-state index in [2.05, 4.69) is 11.0 Å². The van der Waals surface area contributed by atoms with E-state index in [9.17, 15) is 4.79 Å². The number of rotatable bonds is 4. The molecule has 1 aromatic rings.